The van der Waals surface area contributed by atoms with Gasteiger partial charge in [0, 0.05) is 0 Å². The highest BCUT2D eigenvalue weighted by Crippen LogP contribution is 2.20. The summed E-state index contributed by atoms with van der Waals surface area (Å²) in [6.45, 7) is 5.32. The number of hydrogen-bond donors (Lipinski definition) is 0. The van der Waals surface area contributed by atoms with Crippen molar-refractivity contribution in [2.75, 3.05) is 13.2 Å². The number of hydrogen-bond acceptors (Lipinski definition) is 3. The van der Waals surface area contributed by atoms with Crippen molar-refractivity contribution >= 4 is 0 Å². The first-order valence-electron chi connectivity index (χ1n) is 8.26. The number of benzene rings is 1. The van der Waals surface area contributed by atoms with Crippen LogP contribution in [0.25, 0.3) is 0 Å². The van der Waals surface area contributed by atoms with E-state index in [0.717, 1.165) is 12.2 Å². The van der Waals surface area contributed by atoms with Crippen molar-refractivity contribution in [2.45, 2.75) is 64.8 Å². The zero-order valence-electron chi connectivity index (χ0n) is 13.3. The van der Waals surface area contributed by atoms with Gasteiger partial charge in [-0.05, 0) is 43.9 Å². The van der Waals surface area contributed by atoms with Gasteiger partial charge in [0.15, 0.2) is 6.29 Å². The maximum absolute atomic E-state index is 5.83. The first-order valence-corrected chi connectivity index (χ1v) is 8.26. The van der Waals surface area contributed by atoms with E-state index in [1.165, 1.54) is 37.7 Å². The molecule has 3 heteroatoms. The van der Waals surface area contributed by atoms with Crippen LogP contribution in [-0.4, -0.2) is 25.6 Å². The van der Waals surface area contributed by atoms with Gasteiger partial charge in [-0.1, -0.05) is 38.3 Å². The van der Waals surface area contributed by atoms with Crippen LogP contribution in [0.3, 0.4) is 0 Å². The monoisotopic (exact) mass is 292 g/mol. The molecule has 0 heterocycles. The summed E-state index contributed by atoms with van der Waals surface area (Å²) in [4.78, 5) is 0. The van der Waals surface area contributed by atoms with Gasteiger partial charge in [0.05, 0.1) is 19.3 Å². The summed E-state index contributed by atoms with van der Waals surface area (Å²) < 4.78 is 17.2. The molecule has 0 saturated heterocycles. The summed E-state index contributed by atoms with van der Waals surface area (Å²) >= 11 is 0. The number of rotatable bonds is 8. The fourth-order valence-corrected chi connectivity index (χ4v) is 2.69. The molecule has 1 unspecified atom stereocenters. The summed E-state index contributed by atoms with van der Waals surface area (Å²) in [6.07, 6.45) is 7.62. The Morgan fingerprint density at radius 1 is 1.05 bits per heavy atom. The van der Waals surface area contributed by atoms with Crippen LogP contribution in [0.4, 0.5) is 0 Å². The molecule has 1 aromatic rings. The van der Waals surface area contributed by atoms with Gasteiger partial charge in [-0.25, -0.2) is 0 Å². The third-order valence-electron chi connectivity index (χ3n) is 3.98. The van der Waals surface area contributed by atoms with Crippen LogP contribution in [-0.2, 0) is 15.9 Å². The molecule has 0 N–H and O–H groups in total. The second kappa shape index (κ2) is 9.06. The lowest BCUT2D eigenvalue weighted by molar-refractivity contribution is -0.0940. The summed E-state index contributed by atoms with van der Waals surface area (Å²) in [7, 11) is 0. The molecule has 1 aliphatic rings. The highest BCUT2D eigenvalue weighted by Gasteiger charge is 2.13. The summed E-state index contributed by atoms with van der Waals surface area (Å²) in [5.74, 6) is 0.855. The topological polar surface area (TPSA) is 27.7 Å². The molecular formula is C18H28O3. The smallest absolute Gasteiger partial charge is 0.197 e. The normalized spacial score (nSPS) is 17.6. The molecule has 0 radical (unpaired) electrons. The fourth-order valence-electron chi connectivity index (χ4n) is 2.69. The average molecular weight is 292 g/mol. The van der Waals surface area contributed by atoms with E-state index in [-0.39, 0.29) is 6.29 Å². The van der Waals surface area contributed by atoms with E-state index in [9.17, 15) is 0 Å². The Morgan fingerprint density at radius 3 is 2.43 bits per heavy atom. The molecule has 1 aliphatic carbocycles. The molecule has 1 fully saturated rings. The summed E-state index contributed by atoms with van der Waals surface area (Å²) in [6, 6.07) is 8.18. The number of ether oxygens (including phenoxy) is 3. The zero-order valence-corrected chi connectivity index (χ0v) is 13.3. The van der Waals surface area contributed by atoms with E-state index in [2.05, 4.69) is 19.1 Å². The SMILES string of the molecule is CCc1ccc(OC(C)OCCOC2CCCCC2)cc1. The standard InChI is InChI=1S/C18H28O3/c1-3-16-9-11-18(12-10-16)21-15(2)19-13-14-20-17-7-5-4-6-8-17/h9-12,15,17H,3-8,13-14H2,1-2H3. The maximum atomic E-state index is 5.83. The zero-order chi connectivity index (χ0) is 14.9. The third kappa shape index (κ3) is 6.06. The average Bonchev–Trinajstić information content (AvgIpc) is 2.53. The predicted octanol–water partition coefficient (Wildman–Crippen LogP) is 4.34. The van der Waals surface area contributed by atoms with Gasteiger partial charge in [0.25, 0.3) is 0 Å². The van der Waals surface area contributed by atoms with E-state index in [1.54, 1.807) is 0 Å². The third-order valence-corrected chi connectivity index (χ3v) is 3.98. The van der Waals surface area contributed by atoms with Gasteiger partial charge in [-0.15, -0.1) is 0 Å². The highest BCUT2D eigenvalue weighted by atomic mass is 16.7. The van der Waals surface area contributed by atoms with Gasteiger partial charge < -0.3 is 14.2 Å². The summed E-state index contributed by atoms with van der Waals surface area (Å²) in [5.41, 5.74) is 1.32. The molecule has 0 bridgehead atoms. The van der Waals surface area contributed by atoms with E-state index < -0.39 is 0 Å². The molecule has 0 amide bonds. The predicted molar refractivity (Wildman–Crippen MR) is 84.7 cm³/mol. The van der Waals surface area contributed by atoms with Crippen molar-refractivity contribution in [2.24, 2.45) is 0 Å². The van der Waals surface area contributed by atoms with E-state index >= 15 is 0 Å². The molecule has 1 aromatic carbocycles. The van der Waals surface area contributed by atoms with Crippen LogP contribution < -0.4 is 4.74 Å². The molecular weight excluding hydrogens is 264 g/mol. The molecule has 1 saturated carbocycles. The molecule has 118 valence electrons. The van der Waals surface area contributed by atoms with Crippen molar-refractivity contribution < 1.29 is 14.2 Å². The van der Waals surface area contributed by atoms with Gasteiger partial charge in [-0.2, -0.15) is 0 Å². The largest absolute Gasteiger partial charge is 0.465 e. The van der Waals surface area contributed by atoms with Gasteiger partial charge in [0.2, 0.25) is 0 Å². The molecule has 0 aliphatic heterocycles. The van der Waals surface area contributed by atoms with Crippen LogP contribution in [0.1, 0.15) is 51.5 Å². The maximum Gasteiger partial charge on any atom is 0.197 e. The Kier molecular flexibility index (Phi) is 7.04. The minimum atomic E-state index is -0.243. The molecule has 2 rings (SSSR count). The van der Waals surface area contributed by atoms with Crippen LogP contribution in [0.2, 0.25) is 0 Å². The van der Waals surface area contributed by atoms with Crippen molar-refractivity contribution in [1.82, 2.24) is 0 Å². The van der Waals surface area contributed by atoms with E-state index in [0.29, 0.717) is 19.3 Å². The fraction of sp³-hybridized carbons (Fsp3) is 0.667. The Balaban J connectivity index is 1.59. The first-order chi connectivity index (χ1) is 10.3. The van der Waals surface area contributed by atoms with Gasteiger partial charge in [-0.3, -0.25) is 0 Å². The molecule has 1 atom stereocenters. The highest BCUT2D eigenvalue weighted by molar-refractivity contribution is 5.27. The lowest BCUT2D eigenvalue weighted by Gasteiger charge is -2.22. The lowest BCUT2D eigenvalue weighted by Crippen LogP contribution is -2.22. The Labute approximate surface area is 128 Å². The first kappa shape index (κ1) is 16.3. The minimum Gasteiger partial charge on any atom is -0.465 e. The van der Waals surface area contributed by atoms with E-state index in [4.69, 9.17) is 14.2 Å². The van der Waals surface area contributed by atoms with Crippen LogP contribution in [0.5, 0.6) is 5.75 Å². The molecule has 0 spiro atoms. The minimum absolute atomic E-state index is 0.243. The Bertz CT molecular complexity index is 382. The lowest BCUT2D eigenvalue weighted by atomic mass is 9.98. The van der Waals surface area contributed by atoms with Crippen molar-refractivity contribution in [3.8, 4) is 5.75 Å². The van der Waals surface area contributed by atoms with Crippen LogP contribution in [0.15, 0.2) is 24.3 Å². The van der Waals surface area contributed by atoms with Crippen molar-refractivity contribution in [3.05, 3.63) is 29.8 Å². The Hall–Kier alpha value is -1.06. The van der Waals surface area contributed by atoms with Crippen molar-refractivity contribution in [1.29, 1.82) is 0 Å². The Morgan fingerprint density at radius 2 is 1.76 bits per heavy atom. The van der Waals surface area contributed by atoms with Gasteiger partial charge >= 0.3 is 0 Å². The van der Waals surface area contributed by atoms with Crippen LogP contribution >= 0.6 is 0 Å². The molecule has 0 aromatic heterocycles. The van der Waals surface area contributed by atoms with Crippen LogP contribution in [0, 0.1) is 0 Å². The van der Waals surface area contributed by atoms with Crippen molar-refractivity contribution in [3.63, 3.8) is 0 Å². The van der Waals surface area contributed by atoms with E-state index in [1.807, 2.05) is 19.1 Å². The molecule has 3 nitrogen and oxygen atoms in total. The quantitative estimate of drug-likeness (QED) is 0.527. The molecule has 21 heavy (non-hydrogen) atoms. The summed E-state index contributed by atoms with van der Waals surface area (Å²) in [5, 5.41) is 0. The second-order valence-corrected chi connectivity index (χ2v) is 5.68. The number of aryl methyl sites for hydroxylation is 1. The second-order valence-electron chi connectivity index (χ2n) is 5.68. The van der Waals surface area contributed by atoms with Gasteiger partial charge in [0.1, 0.15) is 5.75 Å².